The molecule has 2 saturated heterocycles. The highest BCUT2D eigenvalue weighted by Gasteiger charge is 2.37. The van der Waals surface area contributed by atoms with Crippen LogP contribution in [-0.2, 0) is 5.60 Å². The molecule has 26 heavy (non-hydrogen) atoms. The van der Waals surface area contributed by atoms with Gasteiger partial charge >= 0.3 is 0 Å². The van der Waals surface area contributed by atoms with Gasteiger partial charge in [0.1, 0.15) is 5.82 Å². The zero-order chi connectivity index (χ0) is 18.8. The first-order valence-corrected chi connectivity index (χ1v) is 9.88. The lowest BCUT2D eigenvalue weighted by molar-refractivity contribution is -0.0375. The van der Waals surface area contributed by atoms with E-state index in [4.69, 9.17) is 0 Å². The third-order valence-electron chi connectivity index (χ3n) is 5.96. The average molecular weight is 364 g/mol. The molecular formula is C21H34FN3O. The van der Waals surface area contributed by atoms with Crippen molar-refractivity contribution in [3.8, 4) is 0 Å². The predicted octanol–water partition coefficient (Wildman–Crippen LogP) is 2.38. The average Bonchev–Trinajstić information content (AvgIpc) is 2.59. The van der Waals surface area contributed by atoms with Crippen molar-refractivity contribution in [1.82, 2.24) is 14.7 Å². The molecule has 2 fully saturated rings. The summed E-state index contributed by atoms with van der Waals surface area (Å²) in [5, 5.41) is 10.9. The lowest BCUT2D eigenvalue weighted by Gasteiger charge is -2.43. The van der Waals surface area contributed by atoms with Crippen molar-refractivity contribution >= 4 is 0 Å². The van der Waals surface area contributed by atoms with Crippen LogP contribution in [0.4, 0.5) is 4.39 Å². The minimum absolute atomic E-state index is 0.212. The van der Waals surface area contributed by atoms with Crippen molar-refractivity contribution in [2.45, 2.75) is 32.3 Å². The number of piperazine rings is 1. The summed E-state index contributed by atoms with van der Waals surface area (Å²) in [6.07, 6.45) is 1.19. The molecule has 1 N–H and O–H groups in total. The van der Waals surface area contributed by atoms with Crippen LogP contribution in [0.15, 0.2) is 24.3 Å². The van der Waals surface area contributed by atoms with Gasteiger partial charge in [-0.05, 0) is 31.4 Å². The van der Waals surface area contributed by atoms with E-state index in [1.54, 1.807) is 12.1 Å². The van der Waals surface area contributed by atoms with Crippen molar-refractivity contribution in [3.05, 3.63) is 35.6 Å². The summed E-state index contributed by atoms with van der Waals surface area (Å²) in [6.45, 7) is 13.0. The molecule has 0 aliphatic carbocycles. The Hall–Kier alpha value is -1.01. The van der Waals surface area contributed by atoms with Crippen molar-refractivity contribution in [1.29, 1.82) is 0 Å². The molecule has 0 bridgehead atoms. The molecule has 0 unspecified atom stereocenters. The Labute approximate surface area is 157 Å². The Kier molecular flexibility index (Phi) is 6.02. The monoisotopic (exact) mass is 363 g/mol. The smallest absolute Gasteiger partial charge is 0.129 e. The van der Waals surface area contributed by atoms with Crippen LogP contribution in [0.5, 0.6) is 0 Å². The van der Waals surface area contributed by atoms with Crippen LogP contribution in [0.25, 0.3) is 0 Å². The zero-order valence-corrected chi connectivity index (χ0v) is 16.5. The van der Waals surface area contributed by atoms with Gasteiger partial charge in [-0.3, -0.25) is 0 Å². The van der Waals surface area contributed by atoms with E-state index in [0.717, 1.165) is 52.4 Å². The fourth-order valence-electron chi connectivity index (χ4n) is 4.46. The highest BCUT2D eigenvalue weighted by molar-refractivity contribution is 5.25. The first kappa shape index (κ1) is 19.7. The van der Waals surface area contributed by atoms with E-state index in [0.29, 0.717) is 18.4 Å². The van der Waals surface area contributed by atoms with E-state index in [1.807, 2.05) is 6.07 Å². The minimum Gasteiger partial charge on any atom is -0.385 e. The lowest BCUT2D eigenvalue weighted by Crippen LogP contribution is -2.51. The van der Waals surface area contributed by atoms with Gasteiger partial charge < -0.3 is 19.8 Å². The van der Waals surface area contributed by atoms with Crippen LogP contribution < -0.4 is 0 Å². The Morgan fingerprint density at radius 1 is 0.962 bits per heavy atom. The van der Waals surface area contributed by atoms with E-state index in [-0.39, 0.29) is 11.2 Å². The third-order valence-corrected chi connectivity index (χ3v) is 5.96. The molecular weight excluding hydrogens is 329 g/mol. The van der Waals surface area contributed by atoms with Crippen LogP contribution in [0.2, 0.25) is 0 Å². The number of hydrogen-bond donors (Lipinski definition) is 1. The van der Waals surface area contributed by atoms with Gasteiger partial charge in [-0.2, -0.15) is 0 Å². The lowest BCUT2D eigenvalue weighted by atomic mass is 9.83. The first-order chi connectivity index (χ1) is 12.3. The summed E-state index contributed by atoms with van der Waals surface area (Å²) < 4.78 is 14.1. The molecule has 0 aromatic heterocycles. The van der Waals surface area contributed by atoms with Crippen molar-refractivity contribution in [2.24, 2.45) is 5.41 Å². The molecule has 2 aliphatic heterocycles. The Morgan fingerprint density at radius 3 is 2.08 bits per heavy atom. The van der Waals surface area contributed by atoms with E-state index >= 15 is 0 Å². The van der Waals surface area contributed by atoms with Gasteiger partial charge in [0, 0.05) is 57.9 Å². The zero-order valence-electron chi connectivity index (χ0n) is 16.5. The van der Waals surface area contributed by atoms with E-state index < -0.39 is 5.60 Å². The van der Waals surface area contributed by atoms with E-state index in [1.165, 1.54) is 6.07 Å². The van der Waals surface area contributed by atoms with Crippen molar-refractivity contribution < 1.29 is 9.50 Å². The van der Waals surface area contributed by atoms with E-state index in [2.05, 4.69) is 35.6 Å². The predicted molar refractivity (Wildman–Crippen MR) is 104 cm³/mol. The molecule has 3 rings (SSSR count). The number of piperidine rings is 1. The second kappa shape index (κ2) is 7.93. The van der Waals surface area contributed by atoms with Gasteiger partial charge in [0.15, 0.2) is 0 Å². The number of hydrogen-bond acceptors (Lipinski definition) is 4. The standard InChI is InChI=1S/C21H34FN3O/c1-20(2,17-25-14-12-23(3)13-15-25)16-24-10-8-21(26,9-11-24)18-6-4-5-7-19(18)22/h4-7,26H,8-17H2,1-3H3. The normalized spacial score (nSPS) is 23.3. The van der Waals surface area contributed by atoms with Gasteiger partial charge in [0.25, 0.3) is 0 Å². The van der Waals surface area contributed by atoms with Crippen LogP contribution in [0, 0.1) is 11.2 Å². The SMILES string of the molecule is CN1CCN(CC(C)(C)CN2CCC(O)(c3ccccc3F)CC2)CC1. The number of benzene rings is 1. The second-order valence-corrected chi connectivity index (χ2v) is 9.03. The number of likely N-dealkylation sites (tertiary alicyclic amines) is 1. The molecule has 0 saturated carbocycles. The van der Waals surface area contributed by atoms with Crippen molar-refractivity contribution in [2.75, 3.05) is 59.4 Å². The first-order valence-electron chi connectivity index (χ1n) is 9.88. The highest BCUT2D eigenvalue weighted by atomic mass is 19.1. The molecule has 2 aliphatic rings. The molecule has 0 spiro atoms. The summed E-state index contributed by atoms with van der Waals surface area (Å²) in [6, 6.07) is 6.65. The Balaban J connectivity index is 1.52. The quantitative estimate of drug-likeness (QED) is 0.870. The molecule has 1 aromatic rings. The molecule has 5 heteroatoms. The third kappa shape index (κ3) is 4.83. The Morgan fingerprint density at radius 2 is 1.50 bits per heavy atom. The molecule has 1 aromatic carbocycles. The number of rotatable bonds is 5. The van der Waals surface area contributed by atoms with Crippen LogP contribution in [0.3, 0.4) is 0 Å². The minimum atomic E-state index is -1.02. The molecule has 4 nitrogen and oxygen atoms in total. The molecule has 0 amide bonds. The Bertz CT molecular complexity index is 591. The second-order valence-electron chi connectivity index (χ2n) is 9.03. The summed E-state index contributed by atoms with van der Waals surface area (Å²) in [7, 11) is 2.19. The van der Waals surface area contributed by atoms with Gasteiger partial charge in [0.2, 0.25) is 0 Å². The topological polar surface area (TPSA) is 30.0 Å². The maximum atomic E-state index is 14.1. The summed E-state index contributed by atoms with van der Waals surface area (Å²) >= 11 is 0. The summed E-state index contributed by atoms with van der Waals surface area (Å²) in [5.41, 5.74) is -0.358. The number of likely N-dealkylation sites (N-methyl/N-ethyl adjacent to an activating group) is 1. The number of halogens is 1. The summed E-state index contributed by atoms with van der Waals surface area (Å²) in [4.78, 5) is 7.39. The molecule has 146 valence electrons. The fourth-order valence-corrected chi connectivity index (χ4v) is 4.46. The van der Waals surface area contributed by atoms with Crippen LogP contribution >= 0.6 is 0 Å². The molecule has 0 radical (unpaired) electrons. The molecule has 0 atom stereocenters. The fraction of sp³-hybridized carbons (Fsp3) is 0.714. The van der Waals surface area contributed by atoms with Gasteiger partial charge in [-0.15, -0.1) is 0 Å². The van der Waals surface area contributed by atoms with Crippen molar-refractivity contribution in [3.63, 3.8) is 0 Å². The largest absolute Gasteiger partial charge is 0.385 e. The number of aliphatic hydroxyl groups is 1. The van der Waals surface area contributed by atoms with Crippen LogP contribution in [0.1, 0.15) is 32.3 Å². The van der Waals surface area contributed by atoms with Crippen LogP contribution in [-0.4, -0.2) is 79.2 Å². The maximum absolute atomic E-state index is 14.1. The molecule has 2 heterocycles. The highest BCUT2D eigenvalue weighted by Crippen LogP contribution is 2.35. The van der Waals surface area contributed by atoms with Gasteiger partial charge in [0.05, 0.1) is 5.60 Å². The summed E-state index contributed by atoms with van der Waals surface area (Å²) in [5.74, 6) is -0.293. The van der Waals surface area contributed by atoms with Gasteiger partial charge in [-0.25, -0.2) is 4.39 Å². The number of nitrogens with zero attached hydrogens (tertiary/aromatic N) is 3. The van der Waals surface area contributed by atoms with Gasteiger partial charge in [-0.1, -0.05) is 32.0 Å². The van der Waals surface area contributed by atoms with E-state index in [9.17, 15) is 9.50 Å². The maximum Gasteiger partial charge on any atom is 0.129 e.